The van der Waals surface area contributed by atoms with Gasteiger partial charge < -0.3 is 10.7 Å². The molecule has 0 radical (unpaired) electrons. The van der Waals surface area contributed by atoms with Crippen molar-refractivity contribution in [2.45, 2.75) is 6.92 Å². The molecule has 0 atom stereocenters. The summed E-state index contributed by atoms with van der Waals surface area (Å²) in [4.78, 5) is 12.1. The molecule has 0 aliphatic heterocycles. The van der Waals surface area contributed by atoms with E-state index in [-0.39, 0.29) is 0 Å². The zero-order valence-corrected chi connectivity index (χ0v) is 9.44. The maximum atomic E-state index is 5.88. The van der Waals surface area contributed by atoms with Crippen LogP contribution in [0.25, 0.3) is 22.6 Å². The van der Waals surface area contributed by atoms with Crippen LogP contribution >= 0.6 is 0 Å². The predicted octanol–water partition coefficient (Wildman–Crippen LogP) is 2.52. The lowest BCUT2D eigenvalue weighted by atomic mass is 10.2. The van der Waals surface area contributed by atoms with E-state index in [0.717, 1.165) is 28.1 Å². The molecule has 0 fully saturated rings. The van der Waals surface area contributed by atoms with Gasteiger partial charge in [-0.15, -0.1) is 0 Å². The molecule has 3 aromatic rings. The second-order valence-corrected chi connectivity index (χ2v) is 4.00. The second kappa shape index (κ2) is 3.59. The Morgan fingerprint density at radius 3 is 2.82 bits per heavy atom. The van der Waals surface area contributed by atoms with Gasteiger partial charge in [-0.2, -0.15) is 0 Å². The molecule has 2 heterocycles. The molecule has 17 heavy (non-hydrogen) atoms. The molecule has 0 unspecified atom stereocenters. The van der Waals surface area contributed by atoms with E-state index in [9.17, 15) is 0 Å². The minimum Gasteiger partial charge on any atom is -0.397 e. The lowest BCUT2D eigenvalue weighted by Crippen LogP contribution is -1.89. The number of benzene rings is 1. The number of nitrogens with zero attached hydrogens (tertiary/aromatic N) is 2. The van der Waals surface area contributed by atoms with Gasteiger partial charge in [-0.1, -0.05) is 12.1 Å². The normalized spacial score (nSPS) is 10.9. The molecular weight excluding hydrogens is 212 g/mol. The number of aromatic amines is 1. The molecule has 0 amide bonds. The highest BCUT2D eigenvalue weighted by Crippen LogP contribution is 2.24. The quantitative estimate of drug-likeness (QED) is 0.624. The van der Waals surface area contributed by atoms with E-state index < -0.39 is 0 Å². The molecule has 0 aliphatic carbocycles. The van der Waals surface area contributed by atoms with Gasteiger partial charge in [0.1, 0.15) is 11.2 Å². The van der Waals surface area contributed by atoms with Crippen LogP contribution in [0.1, 0.15) is 5.56 Å². The molecule has 0 bridgehead atoms. The van der Waals surface area contributed by atoms with Gasteiger partial charge in [-0.3, -0.25) is 4.98 Å². The molecule has 3 rings (SSSR count). The number of pyridine rings is 1. The van der Waals surface area contributed by atoms with E-state index in [2.05, 4.69) is 15.0 Å². The minimum atomic E-state index is 0.679. The third-order valence-corrected chi connectivity index (χ3v) is 2.78. The van der Waals surface area contributed by atoms with Crippen LogP contribution in [0.2, 0.25) is 0 Å². The smallest absolute Gasteiger partial charge is 0.157 e. The highest BCUT2D eigenvalue weighted by atomic mass is 15.0. The van der Waals surface area contributed by atoms with E-state index in [0.29, 0.717) is 5.69 Å². The van der Waals surface area contributed by atoms with Crippen molar-refractivity contribution in [3.8, 4) is 11.5 Å². The first-order valence-corrected chi connectivity index (χ1v) is 5.42. The monoisotopic (exact) mass is 224 g/mol. The Balaban J connectivity index is 2.26. The Bertz CT molecular complexity index is 685. The number of aryl methyl sites for hydroxylation is 1. The Kier molecular flexibility index (Phi) is 2.08. The molecule has 0 aliphatic rings. The van der Waals surface area contributed by atoms with Gasteiger partial charge in [0.15, 0.2) is 5.82 Å². The first-order chi connectivity index (χ1) is 8.25. The molecule has 4 heteroatoms. The summed E-state index contributed by atoms with van der Waals surface area (Å²) in [7, 11) is 0. The highest BCUT2D eigenvalue weighted by Gasteiger charge is 2.09. The maximum absolute atomic E-state index is 5.88. The van der Waals surface area contributed by atoms with Crippen LogP contribution in [0, 0.1) is 6.92 Å². The molecule has 0 saturated carbocycles. The largest absolute Gasteiger partial charge is 0.397 e. The molecule has 0 spiro atoms. The fraction of sp³-hybridized carbons (Fsp3) is 0.0769. The van der Waals surface area contributed by atoms with Crippen LogP contribution in [0.5, 0.6) is 0 Å². The highest BCUT2D eigenvalue weighted by molar-refractivity contribution is 5.89. The molecule has 84 valence electrons. The number of anilines is 1. The Hall–Kier alpha value is -2.36. The van der Waals surface area contributed by atoms with Gasteiger partial charge >= 0.3 is 0 Å². The van der Waals surface area contributed by atoms with Crippen molar-refractivity contribution in [3.05, 3.63) is 42.1 Å². The number of hydrogen-bond acceptors (Lipinski definition) is 3. The van der Waals surface area contributed by atoms with Crippen LogP contribution in [0.4, 0.5) is 5.69 Å². The van der Waals surface area contributed by atoms with Crippen LogP contribution in [0.3, 0.4) is 0 Å². The lowest BCUT2D eigenvalue weighted by Gasteiger charge is -1.98. The minimum absolute atomic E-state index is 0.679. The molecule has 4 nitrogen and oxygen atoms in total. The van der Waals surface area contributed by atoms with E-state index >= 15 is 0 Å². The summed E-state index contributed by atoms with van der Waals surface area (Å²) in [6, 6.07) is 9.64. The van der Waals surface area contributed by atoms with Crippen LogP contribution < -0.4 is 5.73 Å². The summed E-state index contributed by atoms with van der Waals surface area (Å²) in [5.74, 6) is 0.760. The number of hydrogen-bond donors (Lipinski definition) is 2. The van der Waals surface area contributed by atoms with Gasteiger partial charge in [-0.25, -0.2) is 4.98 Å². The van der Waals surface area contributed by atoms with Crippen molar-refractivity contribution in [1.29, 1.82) is 0 Å². The summed E-state index contributed by atoms with van der Waals surface area (Å²) < 4.78 is 0. The molecule has 1 aromatic carbocycles. The fourth-order valence-electron chi connectivity index (χ4n) is 1.90. The summed E-state index contributed by atoms with van der Waals surface area (Å²) >= 11 is 0. The van der Waals surface area contributed by atoms with E-state index in [1.165, 1.54) is 0 Å². The van der Waals surface area contributed by atoms with Crippen LogP contribution in [-0.2, 0) is 0 Å². The molecule has 2 aromatic heterocycles. The van der Waals surface area contributed by atoms with E-state index in [1.54, 1.807) is 6.20 Å². The van der Waals surface area contributed by atoms with Gasteiger partial charge in [0.05, 0.1) is 11.2 Å². The molecular formula is C13H12N4. The Morgan fingerprint density at radius 1 is 1.18 bits per heavy atom. The number of rotatable bonds is 1. The van der Waals surface area contributed by atoms with Crippen molar-refractivity contribution < 1.29 is 0 Å². The lowest BCUT2D eigenvalue weighted by molar-refractivity contribution is 1.20. The molecule has 3 N–H and O–H groups in total. The van der Waals surface area contributed by atoms with Crippen molar-refractivity contribution in [2.75, 3.05) is 5.73 Å². The third kappa shape index (κ3) is 1.54. The SMILES string of the molecule is Cc1cccnc1-c1nc2c(N)cccc2[nH]1. The topological polar surface area (TPSA) is 67.6 Å². The Labute approximate surface area is 98.5 Å². The predicted molar refractivity (Wildman–Crippen MR) is 68.5 cm³/mol. The average molecular weight is 224 g/mol. The van der Waals surface area contributed by atoms with Crippen molar-refractivity contribution in [3.63, 3.8) is 0 Å². The van der Waals surface area contributed by atoms with Gasteiger partial charge in [0, 0.05) is 6.20 Å². The number of imidazole rings is 1. The summed E-state index contributed by atoms with van der Waals surface area (Å²) in [6.45, 7) is 2.01. The fourth-order valence-corrected chi connectivity index (χ4v) is 1.90. The number of aromatic nitrogens is 3. The average Bonchev–Trinajstić information content (AvgIpc) is 2.75. The molecule has 0 saturated heterocycles. The first-order valence-electron chi connectivity index (χ1n) is 5.42. The number of nitrogens with one attached hydrogen (secondary N) is 1. The zero-order valence-electron chi connectivity index (χ0n) is 9.44. The van der Waals surface area contributed by atoms with Crippen molar-refractivity contribution in [1.82, 2.24) is 15.0 Å². The van der Waals surface area contributed by atoms with Crippen molar-refractivity contribution in [2.24, 2.45) is 0 Å². The number of para-hydroxylation sites is 1. The van der Waals surface area contributed by atoms with Crippen LogP contribution in [0.15, 0.2) is 36.5 Å². The number of nitrogens with two attached hydrogens (primary N) is 1. The van der Waals surface area contributed by atoms with Gasteiger partial charge in [0.2, 0.25) is 0 Å². The van der Waals surface area contributed by atoms with E-state index in [1.807, 2.05) is 37.3 Å². The summed E-state index contributed by atoms with van der Waals surface area (Å²) in [5, 5.41) is 0. The van der Waals surface area contributed by atoms with Crippen molar-refractivity contribution >= 4 is 16.7 Å². The van der Waals surface area contributed by atoms with E-state index in [4.69, 9.17) is 5.73 Å². The standard InChI is InChI=1S/C13H12N4/c1-8-4-3-7-15-11(8)13-16-10-6-2-5-9(14)12(10)17-13/h2-7H,14H2,1H3,(H,16,17). The van der Waals surface area contributed by atoms with Gasteiger partial charge in [0.25, 0.3) is 0 Å². The summed E-state index contributed by atoms with van der Waals surface area (Å²) in [6.07, 6.45) is 1.76. The first kappa shape index (κ1) is 9.84. The van der Waals surface area contributed by atoms with Gasteiger partial charge in [-0.05, 0) is 30.7 Å². The number of H-pyrrole nitrogens is 1. The summed E-state index contributed by atoms with van der Waals surface area (Å²) in [5.41, 5.74) is 10.2. The number of nitrogen functional groups attached to an aromatic ring is 1. The zero-order chi connectivity index (χ0) is 11.8. The van der Waals surface area contributed by atoms with Crippen LogP contribution in [-0.4, -0.2) is 15.0 Å². The maximum Gasteiger partial charge on any atom is 0.157 e. The Morgan fingerprint density at radius 2 is 2.06 bits per heavy atom. The number of fused-ring (bicyclic) bond motifs is 1. The second-order valence-electron chi connectivity index (χ2n) is 4.00. The third-order valence-electron chi connectivity index (χ3n) is 2.78.